The van der Waals surface area contributed by atoms with Gasteiger partial charge in [-0.15, -0.1) is 0 Å². The van der Waals surface area contributed by atoms with Crippen LogP contribution in [0.3, 0.4) is 0 Å². The predicted molar refractivity (Wildman–Crippen MR) is 72.3 cm³/mol. The molecule has 102 valence electrons. The third kappa shape index (κ3) is 2.07. The second-order valence-corrected chi connectivity index (χ2v) is 6.75. The van der Waals surface area contributed by atoms with Crippen molar-refractivity contribution in [1.29, 1.82) is 0 Å². The molecule has 3 aliphatic rings. The lowest BCUT2D eigenvalue weighted by Gasteiger charge is -2.43. The lowest BCUT2D eigenvalue weighted by molar-refractivity contribution is -0.147. The van der Waals surface area contributed by atoms with Gasteiger partial charge in [-0.2, -0.15) is 0 Å². The molecule has 2 unspecified atom stereocenters. The van der Waals surface area contributed by atoms with Crippen molar-refractivity contribution in [3.8, 4) is 0 Å². The Kier molecular flexibility index (Phi) is 3.35. The van der Waals surface area contributed by atoms with Gasteiger partial charge in [-0.05, 0) is 31.6 Å². The van der Waals surface area contributed by atoms with Crippen LogP contribution < -0.4 is 5.32 Å². The van der Waals surface area contributed by atoms with E-state index in [2.05, 4.69) is 17.1 Å². The van der Waals surface area contributed by atoms with E-state index < -0.39 is 0 Å². The van der Waals surface area contributed by atoms with Crippen molar-refractivity contribution in [2.75, 3.05) is 19.6 Å². The normalized spacial score (nSPS) is 35.3. The second kappa shape index (κ2) is 4.84. The molecule has 0 aromatic heterocycles. The molecule has 18 heavy (non-hydrogen) atoms. The maximum atomic E-state index is 12.9. The van der Waals surface area contributed by atoms with Gasteiger partial charge in [-0.3, -0.25) is 4.79 Å². The predicted octanol–water partition coefficient (Wildman–Crippen LogP) is 2.17. The number of likely N-dealkylation sites (tertiary alicyclic amines) is 1. The molecule has 2 aliphatic heterocycles. The molecule has 2 heterocycles. The van der Waals surface area contributed by atoms with Crippen molar-refractivity contribution in [3.63, 3.8) is 0 Å². The topological polar surface area (TPSA) is 32.3 Å². The first-order chi connectivity index (χ1) is 8.71. The summed E-state index contributed by atoms with van der Waals surface area (Å²) in [5.41, 5.74) is -0.0528. The minimum absolute atomic E-state index is 0.0528. The number of nitrogens with zero attached hydrogens (tertiary/aromatic N) is 1. The van der Waals surface area contributed by atoms with Gasteiger partial charge in [-0.25, -0.2) is 0 Å². The summed E-state index contributed by atoms with van der Waals surface area (Å²) in [4.78, 5) is 15.2. The zero-order valence-corrected chi connectivity index (χ0v) is 11.6. The molecule has 3 fully saturated rings. The fourth-order valence-corrected chi connectivity index (χ4v) is 4.21. The molecule has 0 radical (unpaired) electrons. The molecule has 1 saturated carbocycles. The number of rotatable bonds is 1. The van der Waals surface area contributed by atoms with E-state index in [0.717, 1.165) is 38.4 Å². The van der Waals surface area contributed by atoms with Gasteiger partial charge in [0.1, 0.15) is 0 Å². The highest BCUT2D eigenvalue weighted by molar-refractivity contribution is 5.83. The van der Waals surface area contributed by atoms with Crippen LogP contribution in [0.1, 0.15) is 51.9 Å². The Bertz CT molecular complexity index is 322. The molecule has 3 nitrogen and oxygen atoms in total. The van der Waals surface area contributed by atoms with E-state index in [1.54, 1.807) is 0 Å². The van der Waals surface area contributed by atoms with E-state index in [1.165, 1.54) is 32.1 Å². The van der Waals surface area contributed by atoms with E-state index in [-0.39, 0.29) is 5.41 Å². The van der Waals surface area contributed by atoms with Crippen LogP contribution in [0.2, 0.25) is 0 Å². The molecular formula is C15H26N2O. The number of amides is 1. The van der Waals surface area contributed by atoms with Gasteiger partial charge in [0.2, 0.25) is 5.91 Å². The van der Waals surface area contributed by atoms with E-state index in [9.17, 15) is 4.79 Å². The average molecular weight is 250 g/mol. The summed E-state index contributed by atoms with van der Waals surface area (Å²) in [6.07, 6.45) is 8.50. The highest BCUT2D eigenvalue weighted by Gasteiger charge is 2.44. The summed E-state index contributed by atoms with van der Waals surface area (Å²) >= 11 is 0. The van der Waals surface area contributed by atoms with Crippen LogP contribution in [-0.2, 0) is 4.79 Å². The standard InChI is InChI=1S/C15H26N2O/c1-15(7-3-2-4-8-15)14(18)17-9-5-6-12-10-16-11-13(12)17/h12-13,16H,2-11H2,1H3. The molecule has 2 atom stereocenters. The fraction of sp³-hybridized carbons (Fsp3) is 0.933. The average Bonchev–Trinajstić information content (AvgIpc) is 2.87. The summed E-state index contributed by atoms with van der Waals surface area (Å²) in [5, 5.41) is 3.47. The zero-order valence-electron chi connectivity index (χ0n) is 11.6. The van der Waals surface area contributed by atoms with Gasteiger partial charge in [-0.1, -0.05) is 26.2 Å². The van der Waals surface area contributed by atoms with Crippen molar-refractivity contribution in [2.24, 2.45) is 11.3 Å². The minimum Gasteiger partial charge on any atom is -0.338 e. The van der Waals surface area contributed by atoms with E-state index in [4.69, 9.17) is 0 Å². The van der Waals surface area contributed by atoms with Gasteiger partial charge >= 0.3 is 0 Å². The molecule has 0 bridgehead atoms. The largest absolute Gasteiger partial charge is 0.338 e. The Hall–Kier alpha value is -0.570. The van der Waals surface area contributed by atoms with E-state index in [1.807, 2.05) is 0 Å². The maximum absolute atomic E-state index is 12.9. The number of piperidine rings is 1. The Morgan fingerprint density at radius 3 is 2.72 bits per heavy atom. The van der Waals surface area contributed by atoms with Crippen LogP contribution in [0.4, 0.5) is 0 Å². The van der Waals surface area contributed by atoms with E-state index in [0.29, 0.717) is 11.9 Å². The highest BCUT2D eigenvalue weighted by Crippen LogP contribution is 2.39. The first kappa shape index (κ1) is 12.5. The highest BCUT2D eigenvalue weighted by atomic mass is 16.2. The summed E-state index contributed by atoms with van der Waals surface area (Å²) in [6, 6.07) is 0.491. The minimum atomic E-state index is -0.0528. The number of hydrogen-bond donors (Lipinski definition) is 1. The molecule has 0 aromatic carbocycles. The molecular weight excluding hydrogens is 224 g/mol. The first-order valence-electron chi connectivity index (χ1n) is 7.72. The first-order valence-corrected chi connectivity index (χ1v) is 7.72. The smallest absolute Gasteiger partial charge is 0.228 e. The number of nitrogens with one attached hydrogen (secondary N) is 1. The van der Waals surface area contributed by atoms with Crippen LogP contribution in [0.25, 0.3) is 0 Å². The van der Waals surface area contributed by atoms with Crippen molar-refractivity contribution >= 4 is 5.91 Å². The molecule has 3 rings (SSSR count). The third-order valence-corrected chi connectivity index (χ3v) is 5.41. The van der Waals surface area contributed by atoms with Crippen LogP contribution >= 0.6 is 0 Å². The maximum Gasteiger partial charge on any atom is 0.228 e. The molecule has 0 aromatic rings. The lowest BCUT2D eigenvalue weighted by atomic mass is 9.74. The number of carbonyl (C=O) groups is 1. The quantitative estimate of drug-likeness (QED) is 0.773. The summed E-state index contributed by atoms with van der Waals surface area (Å²) < 4.78 is 0. The summed E-state index contributed by atoms with van der Waals surface area (Å²) in [6.45, 7) is 5.34. The molecule has 0 spiro atoms. The van der Waals surface area contributed by atoms with Crippen LogP contribution in [0, 0.1) is 11.3 Å². The van der Waals surface area contributed by atoms with Crippen LogP contribution in [0.15, 0.2) is 0 Å². The third-order valence-electron chi connectivity index (χ3n) is 5.41. The van der Waals surface area contributed by atoms with Crippen molar-refractivity contribution in [1.82, 2.24) is 10.2 Å². The summed E-state index contributed by atoms with van der Waals surface area (Å²) in [7, 11) is 0. The Morgan fingerprint density at radius 2 is 1.94 bits per heavy atom. The SMILES string of the molecule is CC1(C(=O)N2CCCC3CNCC32)CCCCC1. The zero-order chi connectivity index (χ0) is 12.6. The molecule has 1 amide bonds. The summed E-state index contributed by atoms with van der Waals surface area (Å²) in [5.74, 6) is 1.18. The lowest BCUT2D eigenvalue weighted by Crippen LogP contribution is -2.53. The number of fused-ring (bicyclic) bond motifs is 1. The Morgan fingerprint density at radius 1 is 1.17 bits per heavy atom. The molecule has 3 heteroatoms. The van der Waals surface area contributed by atoms with Gasteiger partial charge in [0.15, 0.2) is 0 Å². The Labute approximate surface area is 110 Å². The molecule has 1 aliphatic carbocycles. The van der Waals surface area contributed by atoms with Crippen molar-refractivity contribution in [3.05, 3.63) is 0 Å². The monoisotopic (exact) mass is 250 g/mol. The van der Waals surface area contributed by atoms with Gasteiger partial charge < -0.3 is 10.2 Å². The van der Waals surface area contributed by atoms with E-state index >= 15 is 0 Å². The molecule has 2 saturated heterocycles. The van der Waals surface area contributed by atoms with Crippen LogP contribution in [0.5, 0.6) is 0 Å². The van der Waals surface area contributed by atoms with Gasteiger partial charge in [0, 0.05) is 31.1 Å². The fourth-order valence-electron chi connectivity index (χ4n) is 4.21. The second-order valence-electron chi connectivity index (χ2n) is 6.75. The number of carbonyl (C=O) groups excluding carboxylic acids is 1. The Balaban J connectivity index is 1.74. The van der Waals surface area contributed by atoms with Crippen molar-refractivity contribution < 1.29 is 4.79 Å². The van der Waals surface area contributed by atoms with Crippen LogP contribution in [-0.4, -0.2) is 36.5 Å². The van der Waals surface area contributed by atoms with Gasteiger partial charge in [0.25, 0.3) is 0 Å². The van der Waals surface area contributed by atoms with Crippen molar-refractivity contribution in [2.45, 2.75) is 57.9 Å². The van der Waals surface area contributed by atoms with Gasteiger partial charge in [0.05, 0.1) is 0 Å². The number of hydrogen-bond acceptors (Lipinski definition) is 2. The molecule has 1 N–H and O–H groups in total.